The molecule has 0 aliphatic heterocycles. The van der Waals surface area contributed by atoms with Gasteiger partial charge in [-0.2, -0.15) is 4.80 Å². The van der Waals surface area contributed by atoms with Crippen molar-refractivity contribution in [2.45, 2.75) is 26.1 Å². The van der Waals surface area contributed by atoms with Crippen LogP contribution in [-0.4, -0.2) is 46.1 Å². The Morgan fingerprint density at radius 1 is 0.927 bits per heavy atom. The Morgan fingerprint density at radius 3 is 2.39 bits per heavy atom. The van der Waals surface area contributed by atoms with Crippen LogP contribution in [0.2, 0.25) is 0 Å². The van der Waals surface area contributed by atoms with E-state index in [9.17, 15) is 9.59 Å². The van der Waals surface area contributed by atoms with E-state index in [-0.39, 0.29) is 18.4 Å². The summed E-state index contributed by atoms with van der Waals surface area (Å²) in [6.45, 7) is 2.09. The largest absolute Gasteiger partial charge is 0.378 e. The number of amides is 2. The van der Waals surface area contributed by atoms with Crippen molar-refractivity contribution in [3.63, 3.8) is 0 Å². The molecule has 0 saturated carbocycles. The zero-order chi connectivity index (χ0) is 28.8. The van der Waals surface area contributed by atoms with Crippen molar-refractivity contribution in [2.75, 3.05) is 23.9 Å². The zero-order valence-electron chi connectivity index (χ0n) is 23.1. The van der Waals surface area contributed by atoms with E-state index >= 15 is 0 Å². The molecule has 5 rings (SSSR count). The molecule has 1 N–H and O–H groups in total. The molecule has 10 heteroatoms. The van der Waals surface area contributed by atoms with E-state index < -0.39 is 6.04 Å². The Labute approximate surface area is 243 Å². The monoisotopic (exact) mass is 565 g/mol. The van der Waals surface area contributed by atoms with Gasteiger partial charge in [0.2, 0.25) is 11.7 Å². The van der Waals surface area contributed by atoms with Gasteiger partial charge in [0.15, 0.2) is 0 Å². The van der Waals surface area contributed by atoms with E-state index in [4.69, 9.17) is 0 Å². The van der Waals surface area contributed by atoms with Crippen molar-refractivity contribution in [3.05, 3.63) is 113 Å². The number of aromatic nitrogens is 4. The molecule has 9 nitrogen and oxygen atoms in total. The number of nitrogens with one attached hydrogen (secondary N) is 1. The lowest BCUT2D eigenvalue weighted by Gasteiger charge is -2.32. The number of anilines is 2. The maximum absolute atomic E-state index is 14.1. The maximum Gasteiger partial charge on any atom is 0.251 e. The maximum atomic E-state index is 14.1. The first-order valence-corrected chi connectivity index (χ1v) is 14.1. The third-order valence-corrected chi connectivity index (χ3v) is 7.43. The highest BCUT2D eigenvalue weighted by Crippen LogP contribution is 2.30. The number of tetrazole rings is 1. The number of hydrogen-bond donors (Lipinski definition) is 1. The Morgan fingerprint density at radius 2 is 1.71 bits per heavy atom. The molecule has 0 spiro atoms. The molecular formula is C31H31N7O2S. The van der Waals surface area contributed by atoms with Crippen molar-refractivity contribution in [3.8, 4) is 10.7 Å². The number of benzene rings is 3. The van der Waals surface area contributed by atoms with Crippen molar-refractivity contribution >= 4 is 34.5 Å². The summed E-state index contributed by atoms with van der Waals surface area (Å²) in [5.74, 6) is -0.194. The van der Waals surface area contributed by atoms with Crippen LogP contribution in [-0.2, 0) is 22.7 Å². The van der Waals surface area contributed by atoms with Crippen molar-refractivity contribution in [1.29, 1.82) is 0 Å². The number of rotatable bonds is 10. The number of carbonyl (C=O) groups excluding carboxylic acids is 2. The van der Waals surface area contributed by atoms with E-state index in [0.29, 0.717) is 23.6 Å². The third-order valence-electron chi connectivity index (χ3n) is 6.56. The van der Waals surface area contributed by atoms with Gasteiger partial charge < -0.3 is 10.2 Å². The second-order valence-electron chi connectivity index (χ2n) is 9.82. The van der Waals surface area contributed by atoms with Gasteiger partial charge in [0.1, 0.15) is 12.6 Å². The van der Waals surface area contributed by atoms with E-state index in [0.717, 1.165) is 21.7 Å². The predicted molar refractivity (Wildman–Crippen MR) is 162 cm³/mol. The van der Waals surface area contributed by atoms with Gasteiger partial charge in [0.25, 0.3) is 5.91 Å². The third kappa shape index (κ3) is 6.67. The van der Waals surface area contributed by atoms with Crippen LogP contribution in [0.3, 0.4) is 0 Å². The van der Waals surface area contributed by atoms with Gasteiger partial charge in [-0.1, -0.05) is 60.7 Å². The molecular weight excluding hydrogens is 534 g/mol. The van der Waals surface area contributed by atoms with Crippen LogP contribution in [0.4, 0.5) is 11.4 Å². The fraction of sp³-hybridized carbons (Fsp3) is 0.194. The molecule has 41 heavy (non-hydrogen) atoms. The van der Waals surface area contributed by atoms with Gasteiger partial charge in [0.05, 0.1) is 4.88 Å². The smallest absolute Gasteiger partial charge is 0.251 e. The summed E-state index contributed by atoms with van der Waals surface area (Å²) in [6, 6.07) is 27.8. The molecule has 0 radical (unpaired) electrons. The fourth-order valence-electron chi connectivity index (χ4n) is 4.48. The molecule has 0 aliphatic rings. The minimum Gasteiger partial charge on any atom is -0.378 e. The summed E-state index contributed by atoms with van der Waals surface area (Å²) in [4.78, 5) is 33.7. The number of carbonyl (C=O) groups is 2. The lowest BCUT2D eigenvalue weighted by Crippen LogP contribution is -2.45. The molecule has 0 aliphatic carbocycles. The van der Waals surface area contributed by atoms with Crippen molar-refractivity contribution < 1.29 is 9.59 Å². The molecule has 1 unspecified atom stereocenters. The molecule has 208 valence electrons. The van der Waals surface area contributed by atoms with Crippen LogP contribution < -0.4 is 15.1 Å². The highest BCUT2D eigenvalue weighted by Gasteiger charge is 2.33. The average Bonchev–Trinajstić information content (AvgIpc) is 3.68. The van der Waals surface area contributed by atoms with Gasteiger partial charge in [-0.15, -0.1) is 21.5 Å². The van der Waals surface area contributed by atoms with Gasteiger partial charge >= 0.3 is 0 Å². The summed E-state index contributed by atoms with van der Waals surface area (Å²) in [5.41, 5.74) is 4.19. The fourth-order valence-corrected chi connectivity index (χ4v) is 5.13. The summed E-state index contributed by atoms with van der Waals surface area (Å²) in [6.07, 6.45) is 0. The number of aryl methyl sites for hydroxylation is 1. The van der Waals surface area contributed by atoms with Gasteiger partial charge in [-0.25, -0.2) is 0 Å². The molecule has 2 heterocycles. The van der Waals surface area contributed by atoms with Crippen LogP contribution in [0.1, 0.15) is 22.7 Å². The van der Waals surface area contributed by atoms with Crippen LogP contribution in [0.25, 0.3) is 10.7 Å². The Balaban J connectivity index is 1.52. The molecule has 1 atom stereocenters. The van der Waals surface area contributed by atoms with Gasteiger partial charge in [-0.05, 0) is 64.5 Å². The molecule has 0 bridgehead atoms. The topological polar surface area (TPSA) is 96.2 Å². The second-order valence-corrected chi connectivity index (χ2v) is 10.8. The minimum absolute atomic E-state index is 0.190. The first kappa shape index (κ1) is 27.7. The van der Waals surface area contributed by atoms with Gasteiger partial charge in [-0.3, -0.25) is 14.5 Å². The van der Waals surface area contributed by atoms with Crippen LogP contribution in [0, 0.1) is 6.92 Å². The standard InChI is InChI=1S/C31H31N7O2S/c1-22-9-7-12-26(19-22)38(28(39)21-37-34-30(33-35-37)27-13-8-18-41-27)29(24-14-16-25(17-15-24)36(2)3)31(40)32-20-23-10-5-4-6-11-23/h4-19,29H,20-21H2,1-3H3,(H,32,40). The number of thiophene rings is 1. The van der Waals surface area contributed by atoms with Gasteiger partial charge in [0, 0.05) is 32.0 Å². The molecule has 2 aromatic heterocycles. The molecule has 2 amide bonds. The Kier molecular flexibility index (Phi) is 8.50. The SMILES string of the molecule is Cc1cccc(N(C(=O)Cn2nnc(-c3cccs3)n2)C(C(=O)NCc2ccccc2)c2ccc(N(C)C)cc2)c1. The first-order valence-electron chi connectivity index (χ1n) is 13.2. The van der Waals surface area contributed by atoms with Crippen LogP contribution in [0.15, 0.2) is 96.4 Å². The van der Waals surface area contributed by atoms with Crippen molar-refractivity contribution in [2.24, 2.45) is 0 Å². The van der Waals surface area contributed by atoms with E-state index in [2.05, 4.69) is 20.7 Å². The van der Waals surface area contributed by atoms with E-state index in [1.165, 1.54) is 21.0 Å². The molecule has 0 saturated heterocycles. The quantitative estimate of drug-likeness (QED) is 0.260. The number of hydrogen-bond acceptors (Lipinski definition) is 7. The summed E-state index contributed by atoms with van der Waals surface area (Å²) < 4.78 is 0. The Bertz CT molecular complexity index is 1600. The second kappa shape index (κ2) is 12.6. The minimum atomic E-state index is -0.940. The zero-order valence-corrected chi connectivity index (χ0v) is 24.0. The lowest BCUT2D eigenvalue weighted by atomic mass is 10.0. The van der Waals surface area contributed by atoms with E-state index in [1.807, 2.05) is 122 Å². The summed E-state index contributed by atoms with van der Waals surface area (Å²) >= 11 is 1.50. The summed E-state index contributed by atoms with van der Waals surface area (Å²) in [7, 11) is 3.91. The molecule has 5 aromatic rings. The van der Waals surface area contributed by atoms with E-state index in [1.54, 1.807) is 0 Å². The first-order chi connectivity index (χ1) is 19.9. The number of nitrogens with zero attached hydrogens (tertiary/aromatic N) is 6. The average molecular weight is 566 g/mol. The predicted octanol–water partition coefficient (Wildman–Crippen LogP) is 4.87. The lowest BCUT2D eigenvalue weighted by molar-refractivity contribution is -0.127. The van der Waals surface area contributed by atoms with Crippen LogP contribution in [0.5, 0.6) is 0 Å². The normalized spacial score (nSPS) is 11.6. The van der Waals surface area contributed by atoms with Crippen LogP contribution >= 0.6 is 11.3 Å². The summed E-state index contributed by atoms with van der Waals surface area (Å²) in [5, 5.41) is 17.6. The highest BCUT2D eigenvalue weighted by molar-refractivity contribution is 7.13. The molecule has 3 aromatic carbocycles. The molecule has 0 fully saturated rings. The Hall–Kier alpha value is -4.83. The highest BCUT2D eigenvalue weighted by atomic mass is 32.1. The van der Waals surface area contributed by atoms with Crippen molar-refractivity contribution in [1.82, 2.24) is 25.5 Å².